The number of hydrogen-bond acceptors (Lipinski definition) is 2. The van der Waals surface area contributed by atoms with Crippen molar-refractivity contribution >= 4 is 0 Å². The zero-order chi connectivity index (χ0) is 8.53. The highest BCUT2D eigenvalue weighted by Gasteiger charge is 1.98. The van der Waals surface area contributed by atoms with E-state index in [0.717, 1.165) is 25.7 Å². The zero-order valence-corrected chi connectivity index (χ0v) is 8.02. The van der Waals surface area contributed by atoms with Gasteiger partial charge in [0.25, 0.3) is 0 Å². The average molecular weight is 159 g/mol. The smallest absolute Gasteiger partial charge is 0.0466 e. The molecule has 1 unspecified atom stereocenters. The molecule has 0 aromatic rings. The van der Waals surface area contributed by atoms with Crippen molar-refractivity contribution in [3.05, 3.63) is 0 Å². The lowest BCUT2D eigenvalue weighted by Crippen LogP contribution is -2.16. The van der Waals surface area contributed by atoms with E-state index in [2.05, 4.69) is 12.2 Å². The van der Waals surface area contributed by atoms with Gasteiger partial charge in [0.1, 0.15) is 0 Å². The minimum absolute atomic E-state index is 0.778. The van der Waals surface area contributed by atoms with Crippen molar-refractivity contribution in [3.8, 4) is 0 Å². The Hall–Kier alpha value is -0.0800. The number of hydrogen-bond donors (Lipinski definition) is 1. The first kappa shape index (κ1) is 10.9. The second-order valence-corrected chi connectivity index (χ2v) is 3.00. The first-order valence-electron chi connectivity index (χ1n) is 4.53. The standard InChI is InChI=1S/C9H21NO/c1-4-11-7-5-6-9(2)8-10-3/h9-10H,4-8H2,1-3H3. The number of rotatable bonds is 7. The lowest BCUT2D eigenvalue weighted by Gasteiger charge is -2.09. The van der Waals surface area contributed by atoms with Crippen LogP contribution in [0.5, 0.6) is 0 Å². The summed E-state index contributed by atoms with van der Waals surface area (Å²) in [5, 5.41) is 3.17. The van der Waals surface area contributed by atoms with Crippen molar-refractivity contribution in [2.45, 2.75) is 26.7 Å². The number of nitrogens with one attached hydrogen (secondary N) is 1. The van der Waals surface area contributed by atoms with Crippen LogP contribution in [-0.2, 0) is 4.74 Å². The fourth-order valence-corrected chi connectivity index (χ4v) is 1.13. The normalized spacial score (nSPS) is 13.4. The summed E-state index contributed by atoms with van der Waals surface area (Å²) >= 11 is 0. The SMILES string of the molecule is CCOCCCC(C)CNC. The van der Waals surface area contributed by atoms with Crippen LogP contribution in [-0.4, -0.2) is 26.8 Å². The summed E-state index contributed by atoms with van der Waals surface area (Å²) in [7, 11) is 2.00. The summed E-state index contributed by atoms with van der Waals surface area (Å²) in [5.41, 5.74) is 0. The fourth-order valence-electron chi connectivity index (χ4n) is 1.13. The van der Waals surface area contributed by atoms with Gasteiger partial charge in [-0.25, -0.2) is 0 Å². The van der Waals surface area contributed by atoms with Gasteiger partial charge in [0, 0.05) is 13.2 Å². The van der Waals surface area contributed by atoms with E-state index in [9.17, 15) is 0 Å². The number of ether oxygens (including phenoxy) is 1. The van der Waals surface area contributed by atoms with E-state index in [1.165, 1.54) is 12.8 Å². The first-order valence-corrected chi connectivity index (χ1v) is 4.53. The van der Waals surface area contributed by atoms with E-state index in [0.29, 0.717) is 0 Å². The van der Waals surface area contributed by atoms with Crippen LogP contribution < -0.4 is 5.32 Å². The van der Waals surface area contributed by atoms with Gasteiger partial charge in [0.2, 0.25) is 0 Å². The molecule has 11 heavy (non-hydrogen) atoms. The Balaban J connectivity index is 2.97. The third kappa shape index (κ3) is 7.82. The molecular weight excluding hydrogens is 138 g/mol. The maximum Gasteiger partial charge on any atom is 0.0466 e. The largest absolute Gasteiger partial charge is 0.382 e. The molecule has 0 aromatic carbocycles. The molecule has 1 N–H and O–H groups in total. The van der Waals surface area contributed by atoms with Crippen molar-refractivity contribution in [1.82, 2.24) is 5.32 Å². The maximum absolute atomic E-state index is 5.24. The molecule has 2 nitrogen and oxygen atoms in total. The summed E-state index contributed by atoms with van der Waals surface area (Å²) in [5.74, 6) is 0.778. The topological polar surface area (TPSA) is 21.3 Å². The van der Waals surface area contributed by atoms with E-state index in [1.807, 2.05) is 14.0 Å². The van der Waals surface area contributed by atoms with Gasteiger partial charge in [0.15, 0.2) is 0 Å². The molecule has 0 aliphatic carbocycles. The third-order valence-electron chi connectivity index (χ3n) is 1.74. The van der Waals surface area contributed by atoms with E-state index < -0.39 is 0 Å². The van der Waals surface area contributed by atoms with Crippen LogP contribution in [0.25, 0.3) is 0 Å². The third-order valence-corrected chi connectivity index (χ3v) is 1.74. The summed E-state index contributed by atoms with van der Waals surface area (Å²) in [6.07, 6.45) is 2.46. The van der Waals surface area contributed by atoms with Crippen LogP contribution in [0.2, 0.25) is 0 Å². The molecule has 2 heteroatoms. The molecule has 0 saturated carbocycles. The molecule has 1 atom stereocenters. The second-order valence-electron chi connectivity index (χ2n) is 3.00. The van der Waals surface area contributed by atoms with Gasteiger partial charge >= 0.3 is 0 Å². The van der Waals surface area contributed by atoms with Gasteiger partial charge in [-0.15, -0.1) is 0 Å². The molecule has 0 fully saturated rings. The lowest BCUT2D eigenvalue weighted by molar-refractivity contribution is 0.140. The van der Waals surface area contributed by atoms with Gasteiger partial charge in [0.05, 0.1) is 0 Å². The van der Waals surface area contributed by atoms with Gasteiger partial charge in [-0.3, -0.25) is 0 Å². The Kier molecular flexibility index (Phi) is 7.96. The molecule has 0 heterocycles. The Labute approximate surface area is 70.3 Å². The van der Waals surface area contributed by atoms with Crippen LogP contribution in [0.15, 0.2) is 0 Å². The molecule has 0 radical (unpaired) electrons. The average Bonchev–Trinajstić information content (AvgIpc) is 1.99. The molecule has 68 valence electrons. The molecule has 0 bridgehead atoms. The molecular formula is C9H21NO. The highest BCUT2D eigenvalue weighted by molar-refractivity contribution is 4.54. The minimum atomic E-state index is 0.778. The van der Waals surface area contributed by atoms with E-state index >= 15 is 0 Å². The van der Waals surface area contributed by atoms with Crippen LogP contribution >= 0.6 is 0 Å². The van der Waals surface area contributed by atoms with Gasteiger partial charge < -0.3 is 10.1 Å². The second kappa shape index (κ2) is 8.02. The molecule has 0 amide bonds. The van der Waals surface area contributed by atoms with Crippen molar-refractivity contribution < 1.29 is 4.74 Å². The predicted octanol–water partition coefficient (Wildman–Crippen LogP) is 1.66. The predicted molar refractivity (Wildman–Crippen MR) is 48.8 cm³/mol. The van der Waals surface area contributed by atoms with Gasteiger partial charge in [-0.2, -0.15) is 0 Å². The van der Waals surface area contributed by atoms with Gasteiger partial charge in [-0.05, 0) is 39.3 Å². The highest BCUT2D eigenvalue weighted by Crippen LogP contribution is 2.03. The maximum atomic E-state index is 5.24. The Morgan fingerprint density at radius 1 is 1.45 bits per heavy atom. The summed E-state index contributed by atoms with van der Waals surface area (Å²) in [6.45, 7) is 7.19. The van der Waals surface area contributed by atoms with Crippen molar-refractivity contribution in [2.24, 2.45) is 5.92 Å². The molecule has 0 rings (SSSR count). The Bertz CT molecular complexity index is 76.0. The molecule has 0 aromatic heterocycles. The molecule has 0 aliphatic rings. The van der Waals surface area contributed by atoms with Crippen LogP contribution in [0, 0.1) is 5.92 Å². The van der Waals surface area contributed by atoms with Crippen LogP contribution in [0.4, 0.5) is 0 Å². The lowest BCUT2D eigenvalue weighted by atomic mass is 10.1. The highest BCUT2D eigenvalue weighted by atomic mass is 16.5. The summed E-state index contributed by atoms with van der Waals surface area (Å²) in [4.78, 5) is 0. The van der Waals surface area contributed by atoms with E-state index in [-0.39, 0.29) is 0 Å². The van der Waals surface area contributed by atoms with Crippen LogP contribution in [0.1, 0.15) is 26.7 Å². The van der Waals surface area contributed by atoms with Crippen LogP contribution in [0.3, 0.4) is 0 Å². The Morgan fingerprint density at radius 3 is 2.73 bits per heavy atom. The molecule has 0 aliphatic heterocycles. The van der Waals surface area contributed by atoms with E-state index in [1.54, 1.807) is 0 Å². The summed E-state index contributed by atoms with van der Waals surface area (Å²) in [6, 6.07) is 0. The fraction of sp³-hybridized carbons (Fsp3) is 1.00. The van der Waals surface area contributed by atoms with Crippen molar-refractivity contribution in [2.75, 3.05) is 26.8 Å². The summed E-state index contributed by atoms with van der Waals surface area (Å²) < 4.78 is 5.24. The van der Waals surface area contributed by atoms with Gasteiger partial charge in [-0.1, -0.05) is 6.92 Å². The van der Waals surface area contributed by atoms with Crippen molar-refractivity contribution in [3.63, 3.8) is 0 Å². The van der Waals surface area contributed by atoms with Crippen molar-refractivity contribution in [1.29, 1.82) is 0 Å². The molecule has 0 spiro atoms. The monoisotopic (exact) mass is 159 g/mol. The molecule has 0 saturated heterocycles. The zero-order valence-electron chi connectivity index (χ0n) is 8.02. The first-order chi connectivity index (χ1) is 5.31. The minimum Gasteiger partial charge on any atom is -0.382 e. The van der Waals surface area contributed by atoms with E-state index in [4.69, 9.17) is 4.74 Å². The quantitative estimate of drug-likeness (QED) is 0.570. The Morgan fingerprint density at radius 2 is 2.18 bits per heavy atom.